The molecule has 0 radical (unpaired) electrons. The quantitative estimate of drug-likeness (QED) is 0.828. The van der Waals surface area contributed by atoms with E-state index in [0.29, 0.717) is 18.7 Å². The molecule has 2 rings (SSSR count). The van der Waals surface area contributed by atoms with Crippen molar-refractivity contribution in [1.82, 2.24) is 9.80 Å². The van der Waals surface area contributed by atoms with E-state index in [1.165, 1.54) is 24.3 Å². The van der Waals surface area contributed by atoms with Crippen molar-refractivity contribution in [2.75, 3.05) is 39.3 Å². The molecule has 1 N–H and O–H groups in total. The Morgan fingerprint density at radius 1 is 1.10 bits per heavy atom. The summed E-state index contributed by atoms with van der Waals surface area (Å²) in [5.74, 6) is -0.352. The number of benzene rings is 1. The van der Waals surface area contributed by atoms with E-state index in [-0.39, 0.29) is 18.3 Å². The van der Waals surface area contributed by atoms with Crippen molar-refractivity contribution in [3.05, 3.63) is 35.6 Å². The monoisotopic (exact) mass is 280 g/mol. The van der Waals surface area contributed by atoms with Crippen molar-refractivity contribution in [1.29, 1.82) is 0 Å². The lowest BCUT2D eigenvalue weighted by molar-refractivity contribution is 0.0634. The first-order valence-electron chi connectivity index (χ1n) is 7.09. The van der Waals surface area contributed by atoms with Gasteiger partial charge in [0.1, 0.15) is 5.82 Å². The largest absolute Gasteiger partial charge is 0.396 e. The number of amides is 1. The molecular weight excluding hydrogens is 259 g/mol. The van der Waals surface area contributed by atoms with Gasteiger partial charge in [-0.25, -0.2) is 4.39 Å². The predicted molar refractivity (Wildman–Crippen MR) is 75.1 cm³/mol. The molecule has 0 spiro atoms. The highest BCUT2D eigenvalue weighted by Crippen LogP contribution is 2.10. The maximum Gasteiger partial charge on any atom is 0.253 e. The molecule has 0 aliphatic carbocycles. The number of carbonyl (C=O) groups is 1. The van der Waals surface area contributed by atoms with E-state index >= 15 is 0 Å². The average molecular weight is 280 g/mol. The van der Waals surface area contributed by atoms with Crippen molar-refractivity contribution in [3.63, 3.8) is 0 Å². The van der Waals surface area contributed by atoms with E-state index in [4.69, 9.17) is 5.11 Å². The summed E-state index contributed by atoms with van der Waals surface area (Å²) >= 11 is 0. The van der Waals surface area contributed by atoms with Gasteiger partial charge in [-0.15, -0.1) is 0 Å². The van der Waals surface area contributed by atoms with Crippen LogP contribution in [-0.4, -0.2) is 60.1 Å². The molecule has 20 heavy (non-hydrogen) atoms. The Morgan fingerprint density at radius 3 is 2.35 bits per heavy atom. The normalized spacial score (nSPS) is 16.4. The van der Waals surface area contributed by atoms with Crippen LogP contribution in [0.5, 0.6) is 0 Å². The van der Waals surface area contributed by atoms with E-state index in [1.54, 1.807) is 0 Å². The molecule has 0 unspecified atom stereocenters. The maximum absolute atomic E-state index is 12.8. The summed E-state index contributed by atoms with van der Waals surface area (Å²) in [6, 6.07) is 5.70. The Hall–Kier alpha value is -1.46. The Morgan fingerprint density at radius 2 is 1.75 bits per heavy atom. The molecule has 4 nitrogen and oxygen atoms in total. The highest BCUT2D eigenvalue weighted by Gasteiger charge is 2.21. The van der Waals surface area contributed by atoms with Gasteiger partial charge in [0, 0.05) is 38.3 Å². The van der Waals surface area contributed by atoms with Gasteiger partial charge in [-0.2, -0.15) is 0 Å². The molecule has 1 aliphatic rings. The van der Waals surface area contributed by atoms with Gasteiger partial charge in [-0.1, -0.05) is 0 Å². The number of halogens is 1. The standard InChI is InChI=1S/C15H21FN2O2/c16-14-5-3-13(4-6-14)15(20)18-10-8-17(9-11-18)7-1-2-12-19/h3-6,19H,1-2,7-12H2. The Balaban J connectivity index is 1.81. The number of aliphatic hydroxyl groups is 1. The second-order valence-electron chi connectivity index (χ2n) is 5.07. The molecule has 1 aromatic rings. The molecule has 0 aromatic heterocycles. The van der Waals surface area contributed by atoms with Crippen LogP contribution in [0.3, 0.4) is 0 Å². The predicted octanol–water partition coefficient (Wildman–Crippen LogP) is 1.36. The first-order chi connectivity index (χ1) is 9.70. The third-order valence-electron chi connectivity index (χ3n) is 3.63. The molecule has 1 aromatic carbocycles. The van der Waals surface area contributed by atoms with Crippen LogP contribution in [0, 0.1) is 5.82 Å². The molecule has 0 saturated carbocycles. The van der Waals surface area contributed by atoms with Crippen molar-refractivity contribution >= 4 is 5.91 Å². The van der Waals surface area contributed by atoms with Crippen LogP contribution in [-0.2, 0) is 0 Å². The van der Waals surface area contributed by atoms with E-state index in [2.05, 4.69) is 4.90 Å². The van der Waals surface area contributed by atoms with E-state index in [0.717, 1.165) is 32.5 Å². The number of unbranched alkanes of at least 4 members (excludes halogenated alkanes) is 1. The molecule has 110 valence electrons. The number of rotatable bonds is 5. The second-order valence-corrected chi connectivity index (χ2v) is 5.07. The summed E-state index contributed by atoms with van der Waals surface area (Å²) in [7, 11) is 0. The van der Waals surface area contributed by atoms with Gasteiger partial charge < -0.3 is 10.0 Å². The van der Waals surface area contributed by atoms with Crippen LogP contribution < -0.4 is 0 Å². The minimum atomic E-state index is -0.324. The fraction of sp³-hybridized carbons (Fsp3) is 0.533. The van der Waals surface area contributed by atoms with Crippen molar-refractivity contribution < 1.29 is 14.3 Å². The molecule has 0 bridgehead atoms. The number of hydrogen-bond donors (Lipinski definition) is 1. The van der Waals surface area contributed by atoms with Gasteiger partial charge in [0.15, 0.2) is 0 Å². The van der Waals surface area contributed by atoms with Crippen LogP contribution in [0.4, 0.5) is 4.39 Å². The number of aliphatic hydroxyl groups excluding tert-OH is 1. The van der Waals surface area contributed by atoms with Crippen molar-refractivity contribution in [3.8, 4) is 0 Å². The summed E-state index contributed by atoms with van der Waals surface area (Å²) in [4.78, 5) is 16.4. The lowest BCUT2D eigenvalue weighted by Crippen LogP contribution is -2.48. The lowest BCUT2D eigenvalue weighted by atomic mass is 10.1. The minimum absolute atomic E-state index is 0.0278. The Bertz CT molecular complexity index is 428. The van der Waals surface area contributed by atoms with Crippen molar-refractivity contribution in [2.45, 2.75) is 12.8 Å². The lowest BCUT2D eigenvalue weighted by Gasteiger charge is -2.34. The smallest absolute Gasteiger partial charge is 0.253 e. The fourth-order valence-electron chi connectivity index (χ4n) is 2.40. The van der Waals surface area contributed by atoms with Crippen LogP contribution >= 0.6 is 0 Å². The fourth-order valence-corrected chi connectivity index (χ4v) is 2.40. The third-order valence-corrected chi connectivity index (χ3v) is 3.63. The number of piperazine rings is 1. The molecular formula is C15H21FN2O2. The summed E-state index contributed by atoms with van der Waals surface area (Å²) < 4.78 is 12.8. The van der Waals surface area contributed by atoms with Gasteiger partial charge in [-0.3, -0.25) is 9.69 Å². The zero-order chi connectivity index (χ0) is 14.4. The SMILES string of the molecule is O=C(c1ccc(F)cc1)N1CCN(CCCCO)CC1. The molecule has 1 amide bonds. The number of nitrogens with zero attached hydrogens (tertiary/aromatic N) is 2. The Kier molecular flexibility index (Phi) is 5.49. The van der Waals surface area contributed by atoms with Crippen LogP contribution in [0.1, 0.15) is 23.2 Å². The number of hydrogen-bond acceptors (Lipinski definition) is 3. The van der Waals surface area contributed by atoms with Gasteiger partial charge >= 0.3 is 0 Å². The molecule has 1 aliphatic heterocycles. The number of carbonyl (C=O) groups excluding carboxylic acids is 1. The first kappa shape index (κ1) is 14.9. The second kappa shape index (κ2) is 7.36. The molecule has 5 heteroatoms. The molecule has 0 atom stereocenters. The van der Waals surface area contributed by atoms with Crippen LogP contribution in [0.15, 0.2) is 24.3 Å². The summed E-state index contributed by atoms with van der Waals surface area (Å²) in [6.45, 7) is 4.34. The van der Waals surface area contributed by atoms with E-state index in [9.17, 15) is 9.18 Å². The van der Waals surface area contributed by atoms with Crippen LogP contribution in [0.2, 0.25) is 0 Å². The average Bonchev–Trinajstić information content (AvgIpc) is 2.48. The highest BCUT2D eigenvalue weighted by atomic mass is 19.1. The first-order valence-corrected chi connectivity index (χ1v) is 7.09. The van der Waals surface area contributed by atoms with E-state index in [1.807, 2.05) is 4.90 Å². The van der Waals surface area contributed by atoms with Gasteiger partial charge in [0.25, 0.3) is 5.91 Å². The summed E-state index contributed by atoms with van der Waals surface area (Å²) in [5, 5.41) is 8.76. The molecule has 1 fully saturated rings. The van der Waals surface area contributed by atoms with E-state index < -0.39 is 0 Å². The Labute approximate surface area is 118 Å². The van der Waals surface area contributed by atoms with Crippen molar-refractivity contribution in [2.24, 2.45) is 0 Å². The zero-order valence-corrected chi connectivity index (χ0v) is 11.6. The third kappa shape index (κ3) is 4.02. The zero-order valence-electron chi connectivity index (χ0n) is 11.6. The van der Waals surface area contributed by atoms with Gasteiger partial charge in [-0.05, 0) is 43.7 Å². The summed E-state index contributed by atoms with van der Waals surface area (Å²) in [6.07, 6.45) is 1.82. The summed E-state index contributed by atoms with van der Waals surface area (Å²) in [5.41, 5.74) is 0.542. The molecule has 1 heterocycles. The topological polar surface area (TPSA) is 43.8 Å². The molecule has 1 saturated heterocycles. The maximum atomic E-state index is 12.8. The minimum Gasteiger partial charge on any atom is -0.396 e. The van der Waals surface area contributed by atoms with Gasteiger partial charge in [0.05, 0.1) is 0 Å². The van der Waals surface area contributed by atoms with Crippen LogP contribution in [0.25, 0.3) is 0 Å². The highest BCUT2D eigenvalue weighted by molar-refractivity contribution is 5.94. The van der Waals surface area contributed by atoms with Gasteiger partial charge in [0.2, 0.25) is 0 Å².